The highest BCUT2D eigenvalue weighted by Gasteiger charge is 2.24. The van der Waals surface area contributed by atoms with Crippen molar-refractivity contribution in [3.63, 3.8) is 0 Å². The maximum absolute atomic E-state index is 13.3. The van der Waals surface area contributed by atoms with Crippen LogP contribution in [0.15, 0.2) is 23.1 Å². The highest BCUT2D eigenvalue weighted by molar-refractivity contribution is 7.89. The van der Waals surface area contributed by atoms with Gasteiger partial charge in [-0.3, -0.25) is 0 Å². The molecule has 2 atom stereocenters. The average Bonchev–Trinajstić information content (AvgIpc) is 2.82. The highest BCUT2D eigenvalue weighted by atomic mass is 32.2. The molecule has 1 fully saturated rings. The maximum atomic E-state index is 13.3. The van der Waals surface area contributed by atoms with Crippen molar-refractivity contribution in [2.75, 3.05) is 6.54 Å². The second-order valence-electron chi connectivity index (χ2n) is 5.59. The molecule has 1 aliphatic carbocycles. The first kappa shape index (κ1) is 15.4. The van der Waals surface area contributed by atoms with E-state index in [9.17, 15) is 12.8 Å². The molecule has 0 heterocycles. The molecule has 20 heavy (non-hydrogen) atoms. The number of halogens is 1. The smallest absolute Gasteiger partial charge is 0.241 e. The minimum Gasteiger partial charge on any atom is -0.326 e. The molecule has 0 aromatic heterocycles. The van der Waals surface area contributed by atoms with E-state index < -0.39 is 15.8 Å². The summed E-state index contributed by atoms with van der Waals surface area (Å²) in [6.45, 7) is 2.65. The lowest BCUT2D eigenvalue weighted by atomic mass is 10.1. The van der Waals surface area contributed by atoms with Gasteiger partial charge in [0.05, 0.1) is 4.90 Å². The van der Waals surface area contributed by atoms with Crippen LogP contribution < -0.4 is 10.5 Å². The summed E-state index contributed by atoms with van der Waals surface area (Å²) in [6, 6.07) is 3.67. The number of nitrogens with two attached hydrogens (primary N) is 1. The lowest BCUT2D eigenvalue weighted by Gasteiger charge is -2.14. The monoisotopic (exact) mass is 300 g/mol. The van der Waals surface area contributed by atoms with E-state index in [0.717, 1.165) is 25.3 Å². The van der Waals surface area contributed by atoms with Gasteiger partial charge < -0.3 is 5.73 Å². The van der Waals surface area contributed by atoms with Crippen LogP contribution in [0.25, 0.3) is 0 Å². The summed E-state index contributed by atoms with van der Waals surface area (Å²) < 4.78 is 40.4. The fourth-order valence-corrected chi connectivity index (χ4v) is 4.14. The van der Waals surface area contributed by atoms with E-state index in [2.05, 4.69) is 11.6 Å². The minimum absolute atomic E-state index is 0.0500. The molecule has 1 aromatic carbocycles. The van der Waals surface area contributed by atoms with Crippen LogP contribution >= 0.6 is 0 Å². The van der Waals surface area contributed by atoms with E-state index in [1.54, 1.807) is 0 Å². The van der Waals surface area contributed by atoms with E-state index >= 15 is 0 Å². The first-order chi connectivity index (χ1) is 9.42. The summed E-state index contributed by atoms with van der Waals surface area (Å²) in [7, 11) is -3.70. The van der Waals surface area contributed by atoms with E-state index in [1.807, 2.05) is 0 Å². The van der Waals surface area contributed by atoms with Crippen LogP contribution in [0.3, 0.4) is 0 Å². The summed E-state index contributed by atoms with van der Waals surface area (Å²) in [5, 5.41) is 0. The first-order valence-corrected chi connectivity index (χ1v) is 8.39. The van der Waals surface area contributed by atoms with Crippen molar-refractivity contribution in [1.29, 1.82) is 0 Å². The lowest BCUT2D eigenvalue weighted by molar-refractivity contribution is 0.498. The van der Waals surface area contributed by atoms with E-state index in [0.29, 0.717) is 23.9 Å². The molecular formula is C14H21FN2O2S. The van der Waals surface area contributed by atoms with Crippen LogP contribution in [0.1, 0.15) is 31.7 Å². The van der Waals surface area contributed by atoms with Crippen LogP contribution in [0, 0.1) is 17.7 Å². The SMILES string of the molecule is CC1CCC(CNS(=O)(=O)c2cc(F)ccc2CN)C1. The molecule has 0 saturated heterocycles. The van der Waals surface area contributed by atoms with Gasteiger partial charge >= 0.3 is 0 Å². The summed E-state index contributed by atoms with van der Waals surface area (Å²) in [6.07, 6.45) is 3.21. The number of benzene rings is 1. The quantitative estimate of drug-likeness (QED) is 0.873. The first-order valence-electron chi connectivity index (χ1n) is 6.90. The van der Waals surface area contributed by atoms with Gasteiger partial charge in [-0.2, -0.15) is 0 Å². The molecule has 3 N–H and O–H groups in total. The summed E-state index contributed by atoms with van der Waals surface area (Å²) in [5.41, 5.74) is 5.95. The van der Waals surface area contributed by atoms with Crippen molar-refractivity contribution in [2.24, 2.45) is 17.6 Å². The molecule has 0 amide bonds. The van der Waals surface area contributed by atoms with Crippen molar-refractivity contribution < 1.29 is 12.8 Å². The standard InChI is InChI=1S/C14H21FN2O2S/c1-10-2-3-11(6-10)9-17-20(18,19)14-7-13(15)5-4-12(14)8-16/h4-5,7,10-11,17H,2-3,6,8-9,16H2,1H3. The van der Waals surface area contributed by atoms with Crippen LogP contribution in [-0.4, -0.2) is 15.0 Å². The zero-order valence-corrected chi connectivity index (χ0v) is 12.4. The molecular weight excluding hydrogens is 279 g/mol. The Kier molecular flexibility index (Phi) is 4.78. The van der Waals surface area contributed by atoms with Gasteiger partial charge in [-0.1, -0.05) is 19.4 Å². The van der Waals surface area contributed by atoms with Gasteiger partial charge in [-0.15, -0.1) is 0 Å². The molecule has 0 spiro atoms. The van der Waals surface area contributed by atoms with Crippen molar-refractivity contribution >= 4 is 10.0 Å². The van der Waals surface area contributed by atoms with Crippen molar-refractivity contribution in [1.82, 2.24) is 4.72 Å². The van der Waals surface area contributed by atoms with E-state index in [-0.39, 0.29) is 11.4 Å². The van der Waals surface area contributed by atoms with Gasteiger partial charge in [-0.05, 0) is 42.4 Å². The Labute approximate surface area is 119 Å². The van der Waals surface area contributed by atoms with Gasteiger partial charge in [0.2, 0.25) is 10.0 Å². The summed E-state index contributed by atoms with van der Waals surface area (Å²) >= 11 is 0. The third kappa shape index (κ3) is 3.56. The van der Waals surface area contributed by atoms with Crippen LogP contribution in [0.2, 0.25) is 0 Å². The zero-order valence-electron chi connectivity index (χ0n) is 11.6. The fourth-order valence-electron chi connectivity index (χ4n) is 2.76. The van der Waals surface area contributed by atoms with Gasteiger partial charge in [0.1, 0.15) is 5.82 Å². The number of rotatable bonds is 5. The molecule has 0 aliphatic heterocycles. The second-order valence-corrected chi connectivity index (χ2v) is 7.33. The topological polar surface area (TPSA) is 72.2 Å². The Hall–Kier alpha value is -0.980. The molecule has 112 valence electrons. The number of hydrogen-bond acceptors (Lipinski definition) is 3. The molecule has 0 radical (unpaired) electrons. The number of nitrogens with one attached hydrogen (secondary N) is 1. The molecule has 4 nitrogen and oxygen atoms in total. The van der Waals surface area contributed by atoms with Gasteiger partial charge in [0.25, 0.3) is 0 Å². The minimum atomic E-state index is -3.70. The third-order valence-electron chi connectivity index (χ3n) is 3.90. The second kappa shape index (κ2) is 6.20. The van der Waals surface area contributed by atoms with Crippen molar-refractivity contribution in [2.45, 2.75) is 37.6 Å². The molecule has 1 saturated carbocycles. The molecule has 2 unspecified atom stereocenters. The number of hydrogen-bond donors (Lipinski definition) is 2. The molecule has 0 bridgehead atoms. The normalized spacial score (nSPS) is 23.1. The molecule has 1 aliphatic rings. The highest BCUT2D eigenvalue weighted by Crippen LogP contribution is 2.30. The lowest BCUT2D eigenvalue weighted by Crippen LogP contribution is -2.29. The molecule has 1 aromatic rings. The van der Waals surface area contributed by atoms with Gasteiger partial charge in [0, 0.05) is 13.1 Å². The Morgan fingerprint density at radius 2 is 2.15 bits per heavy atom. The number of sulfonamides is 1. The maximum Gasteiger partial charge on any atom is 0.241 e. The Morgan fingerprint density at radius 3 is 2.75 bits per heavy atom. The zero-order chi connectivity index (χ0) is 14.8. The van der Waals surface area contributed by atoms with Crippen molar-refractivity contribution in [3.8, 4) is 0 Å². The average molecular weight is 300 g/mol. The predicted molar refractivity (Wildman–Crippen MR) is 76.0 cm³/mol. The van der Waals surface area contributed by atoms with Crippen LogP contribution in [0.4, 0.5) is 4.39 Å². The Balaban J connectivity index is 2.12. The fraction of sp³-hybridized carbons (Fsp3) is 0.571. The molecule has 2 rings (SSSR count). The Morgan fingerprint density at radius 1 is 1.40 bits per heavy atom. The van der Waals surface area contributed by atoms with E-state index in [4.69, 9.17) is 5.73 Å². The van der Waals surface area contributed by atoms with Crippen molar-refractivity contribution in [3.05, 3.63) is 29.6 Å². The van der Waals surface area contributed by atoms with Crippen LogP contribution in [0.5, 0.6) is 0 Å². The third-order valence-corrected chi connectivity index (χ3v) is 5.41. The Bertz CT molecular complexity index is 575. The van der Waals surface area contributed by atoms with Crippen LogP contribution in [-0.2, 0) is 16.6 Å². The summed E-state index contributed by atoms with van der Waals surface area (Å²) in [5.74, 6) is 0.449. The predicted octanol–water partition coefficient (Wildman–Crippen LogP) is 2.00. The van der Waals surface area contributed by atoms with Gasteiger partial charge in [-0.25, -0.2) is 17.5 Å². The summed E-state index contributed by atoms with van der Waals surface area (Å²) in [4.78, 5) is -0.0500. The van der Waals surface area contributed by atoms with Gasteiger partial charge in [0.15, 0.2) is 0 Å². The molecule has 6 heteroatoms. The largest absolute Gasteiger partial charge is 0.326 e. The van der Waals surface area contributed by atoms with E-state index in [1.165, 1.54) is 12.1 Å².